The molecule has 0 bridgehead atoms. The van der Waals surface area contributed by atoms with E-state index >= 15 is 0 Å². The highest BCUT2D eigenvalue weighted by Crippen LogP contribution is 2.26. The maximum absolute atomic E-state index is 12.3. The van der Waals surface area contributed by atoms with Gasteiger partial charge in [-0.15, -0.1) is 0 Å². The third-order valence-electron chi connectivity index (χ3n) is 3.93. The smallest absolute Gasteiger partial charge is 0.141 e. The van der Waals surface area contributed by atoms with Crippen LogP contribution in [-0.2, 0) is 27.0 Å². The van der Waals surface area contributed by atoms with Crippen LogP contribution in [0.2, 0.25) is 0 Å². The Morgan fingerprint density at radius 1 is 0.950 bits per heavy atom. The minimum absolute atomic E-state index is 0.0181. The van der Waals surface area contributed by atoms with E-state index < -0.39 is 22.2 Å². The zero-order chi connectivity index (χ0) is 14.7. The Bertz CT molecular complexity index is 384. The predicted molar refractivity (Wildman–Crippen MR) is 71.9 cm³/mol. The first-order valence-electron chi connectivity index (χ1n) is 6.56. The molecule has 0 amide bonds. The van der Waals surface area contributed by atoms with E-state index in [-0.39, 0.29) is 29.4 Å². The zero-order valence-electron chi connectivity index (χ0n) is 11.1. The Hall–Kier alpha value is -0.190. The van der Waals surface area contributed by atoms with Crippen molar-refractivity contribution in [1.82, 2.24) is 9.80 Å². The molecular formula is C11H18N2O5S2-2. The fourth-order valence-corrected chi connectivity index (χ4v) is 4.06. The predicted octanol–water partition coefficient (Wildman–Crippen LogP) is -1.13. The lowest BCUT2D eigenvalue weighted by molar-refractivity contribution is -0.126. The fourth-order valence-electron chi connectivity index (χ4n) is 3.00. The summed E-state index contributed by atoms with van der Waals surface area (Å²) in [5.41, 5.74) is 0. The summed E-state index contributed by atoms with van der Waals surface area (Å²) in [6.45, 7) is 2.25. The van der Waals surface area contributed by atoms with Gasteiger partial charge in [-0.25, -0.2) is 0 Å². The van der Waals surface area contributed by atoms with Crippen molar-refractivity contribution in [1.29, 1.82) is 0 Å². The third kappa shape index (κ3) is 4.40. The van der Waals surface area contributed by atoms with E-state index in [0.29, 0.717) is 39.0 Å². The minimum atomic E-state index is -2.11. The summed E-state index contributed by atoms with van der Waals surface area (Å²) in [4.78, 5) is 15.9. The molecule has 2 heterocycles. The molecule has 2 rings (SSSR count). The van der Waals surface area contributed by atoms with Gasteiger partial charge in [0, 0.05) is 24.9 Å². The number of carbonyl (C=O) groups excluding carboxylic acids is 1. The van der Waals surface area contributed by atoms with E-state index in [0.717, 1.165) is 0 Å². The van der Waals surface area contributed by atoms with Gasteiger partial charge in [0.15, 0.2) is 0 Å². The highest BCUT2D eigenvalue weighted by atomic mass is 32.2. The number of nitrogens with zero attached hydrogens (tertiary/aromatic N) is 2. The number of ketones is 1. The van der Waals surface area contributed by atoms with Crippen LogP contribution in [0.25, 0.3) is 0 Å². The molecule has 0 aromatic heterocycles. The molecule has 4 unspecified atom stereocenters. The number of rotatable bonds is 6. The molecule has 4 atom stereocenters. The fraction of sp³-hybridized carbons (Fsp3) is 0.909. The number of Topliss-reactive ketones (excluding diaryl/α,β-unsaturated/α-hetero) is 1. The molecule has 0 radical (unpaired) electrons. The van der Waals surface area contributed by atoms with Gasteiger partial charge in [-0.3, -0.25) is 23.0 Å². The van der Waals surface area contributed by atoms with E-state index in [1.807, 2.05) is 0 Å². The van der Waals surface area contributed by atoms with Crippen LogP contribution in [0.15, 0.2) is 0 Å². The summed E-state index contributed by atoms with van der Waals surface area (Å²) in [7, 11) is 0. The van der Waals surface area contributed by atoms with Crippen LogP contribution in [0.5, 0.6) is 0 Å². The normalized spacial score (nSPS) is 31.5. The maximum atomic E-state index is 12.3. The third-order valence-corrected chi connectivity index (χ3v) is 5.08. The minimum Gasteiger partial charge on any atom is -0.771 e. The van der Waals surface area contributed by atoms with Crippen molar-refractivity contribution in [2.45, 2.75) is 12.8 Å². The van der Waals surface area contributed by atoms with Gasteiger partial charge < -0.3 is 9.11 Å². The summed E-state index contributed by atoms with van der Waals surface area (Å²) in [6, 6.07) is 0. The van der Waals surface area contributed by atoms with Crippen molar-refractivity contribution >= 4 is 27.9 Å². The monoisotopic (exact) mass is 322 g/mol. The SMILES string of the molecule is O=C(C1CCN(CS(=O)[O-])C1)C1CCN(CS(=O)[O-])C1. The van der Waals surface area contributed by atoms with Crippen LogP contribution >= 0.6 is 0 Å². The molecule has 0 N–H and O–H groups in total. The number of carbonyl (C=O) groups is 1. The van der Waals surface area contributed by atoms with Crippen molar-refractivity contribution in [2.24, 2.45) is 11.8 Å². The van der Waals surface area contributed by atoms with Crippen molar-refractivity contribution in [3.05, 3.63) is 0 Å². The lowest BCUT2D eigenvalue weighted by Crippen LogP contribution is -2.31. The summed E-state index contributed by atoms with van der Waals surface area (Å²) in [5.74, 6) is -0.100. The lowest BCUT2D eigenvalue weighted by atomic mass is 9.91. The Morgan fingerprint density at radius 2 is 1.35 bits per heavy atom. The molecule has 2 aliphatic heterocycles. The quantitative estimate of drug-likeness (QED) is 0.570. The van der Waals surface area contributed by atoms with Crippen molar-refractivity contribution in [3.8, 4) is 0 Å². The van der Waals surface area contributed by atoms with Gasteiger partial charge in [0.1, 0.15) is 5.78 Å². The molecule has 0 aromatic rings. The highest BCUT2D eigenvalue weighted by molar-refractivity contribution is 7.79. The van der Waals surface area contributed by atoms with E-state index in [9.17, 15) is 22.3 Å². The molecule has 9 heteroatoms. The van der Waals surface area contributed by atoms with Gasteiger partial charge in [-0.2, -0.15) is 0 Å². The van der Waals surface area contributed by atoms with Crippen LogP contribution in [0.1, 0.15) is 12.8 Å². The first kappa shape index (κ1) is 16.2. The highest BCUT2D eigenvalue weighted by Gasteiger charge is 2.35. The molecule has 0 saturated carbocycles. The number of likely N-dealkylation sites (tertiary alicyclic amines) is 2. The van der Waals surface area contributed by atoms with E-state index in [2.05, 4.69) is 0 Å². The molecule has 116 valence electrons. The average Bonchev–Trinajstić information content (AvgIpc) is 2.96. The van der Waals surface area contributed by atoms with Crippen LogP contribution in [0, 0.1) is 11.8 Å². The molecule has 7 nitrogen and oxygen atoms in total. The molecule has 2 aliphatic rings. The molecule has 20 heavy (non-hydrogen) atoms. The van der Waals surface area contributed by atoms with Gasteiger partial charge >= 0.3 is 0 Å². The van der Waals surface area contributed by atoms with Gasteiger partial charge in [-0.1, -0.05) is 0 Å². The Kier molecular flexibility index (Phi) is 5.82. The van der Waals surface area contributed by atoms with Crippen LogP contribution in [0.4, 0.5) is 0 Å². The van der Waals surface area contributed by atoms with Crippen LogP contribution < -0.4 is 0 Å². The maximum Gasteiger partial charge on any atom is 0.141 e. The molecule has 2 saturated heterocycles. The zero-order valence-corrected chi connectivity index (χ0v) is 12.7. The van der Waals surface area contributed by atoms with Gasteiger partial charge in [0.05, 0.1) is 11.8 Å². The Balaban J connectivity index is 1.81. The van der Waals surface area contributed by atoms with E-state index in [1.54, 1.807) is 9.80 Å². The van der Waals surface area contributed by atoms with Gasteiger partial charge in [-0.05, 0) is 48.1 Å². The summed E-state index contributed by atoms with van der Waals surface area (Å²) >= 11 is -4.22. The second-order valence-electron chi connectivity index (χ2n) is 5.39. The molecule has 0 aromatic carbocycles. The van der Waals surface area contributed by atoms with Crippen molar-refractivity contribution in [3.63, 3.8) is 0 Å². The van der Waals surface area contributed by atoms with Crippen LogP contribution in [-0.4, -0.2) is 71.0 Å². The Labute approximate surface area is 123 Å². The molecule has 2 fully saturated rings. The first-order chi connectivity index (χ1) is 9.45. The summed E-state index contributed by atoms with van der Waals surface area (Å²) in [6.07, 6.45) is 1.39. The standard InChI is InChI=1S/C11H20N2O5S2/c14-11(9-1-3-12(5-9)7-19(15)16)10-2-4-13(6-10)8-20(17)18/h9-10H,1-8H2,(H,15,16)(H,17,18)/p-2. The largest absolute Gasteiger partial charge is 0.771 e. The average molecular weight is 322 g/mol. The van der Waals surface area contributed by atoms with Crippen molar-refractivity contribution < 1.29 is 22.3 Å². The van der Waals surface area contributed by atoms with Crippen molar-refractivity contribution in [2.75, 3.05) is 37.9 Å². The first-order valence-corrected chi connectivity index (χ1v) is 9.04. The van der Waals surface area contributed by atoms with Gasteiger partial charge in [0.25, 0.3) is 0 Å². The molecule has 0 spiro atoms. The van der Waals surface area contributed by atoms with Gasteiger partial charge in [0.2, 0.25) is 0 Å². The number of hydrogen-bond acceptors (Lipinski definition) is 7. The molecule has 0 aliphatic carbocycles. The van der Waals surface area contributed by atoms with E-state index in [4.69, 9.17) is 0 Å². The van der Waals surface area contributed by atoms with E-state index in [1.165, 1.54) is 0 Å². The van der Waals surface area contributed by atoms with Crippen LogP contribution in [0.3, 0.4) is 0 Å². The molecular weight excluding hydrogens is 304 g/mol. The summed E-state index contributed by atoms with van der Waals surface area (Å²) in [5, 5.41) is 0. The second kappa shape index (κ2) is 7.19. The second-order valence-corrected chi connectivity index (χ2v) is 7.12. The Morgan fingerprint density at radius 3 is 1.70 bits per heavy atom. The topological polar surface area (TPSA) is 104 Å². The number of hydrogen-bond donors (Lipinski definition) is 0. The summed E-state index contributed by atoms with van der Waals surface area (Å²) < 4.78 is 42.6. The lowest BCUT2D eigenvalue weighted by Gasteiger charge is -2.19.